The molecule has 0 aromatic heterocycles. The van der Waals surface area contributed by atoms with Crippen LogP contribution in [-0.2, 0) is 10.2 Å². The van der Waals surface area contributed by atoms with Crippen LogP contribution in [0.3, 0.4) is 0 Å². The van der Waals surface area contributed by atoms with Crippen molar-refractivity contribution < 1.29 is 14.6 Å². The summed E-state index contributed by atoms with van der Waals surface area (Å²) in [6, 6.07) is 15.1. The standard InChI is InChI=1S/C20H25NO3/c1-19(2,3)24-15-12-10-14(11-13-15)21-17-9-7-6-8-16(17)20(4,5)18(22)23/h6-13,21H,1-5H3,(H,22,23). The van der Waals surface area contributed by atoms with Gasteiger partial charge >= 0.3 is 5.97 Å². The fraction of sp³-hybridized carbons (Fsp3) is 0.350. The Bertz CT molecular complexity index is 712. The highest BCUT2D eigenvalue weighted by Gasteiger charge is 2.31. The lowest BCUT2D eigenvalue weighted by atomic mass is 9.83. The van der Waals surface area contributed by atoms with Crippen LogP contribution in [0.25, 0.3) is 0 Å². The van der Waals surface area contributed by atoms with Gasteiger partial charge in [-0.25, -0.2) is 0 Å². The number of ether oxygens (including phenoxy) is 1. The van der Waals surface area contributed by atoms with E-state index >= 15 is 0 Å². The SMILES string of the molecule is CC(C)(C)Oc1ccc(Nc2ccccc2C(C)(C)C(=O)O)cc1. The Morgan fingerprint density at radius 3 is 2.08 bits per heavy atom. The van der Waals surface area contributed by atoms with Gasteiger partial charge in [-0.15, -0.1) is 0 Å². The van der Waals surface area contributed by atoms with Crippen LogP contribution in [-0.4, -0.2) is 16.7 Å². The van der Waals surface area contributed by atoms with Crippen molar-refractivity contribution in [3.05, 3.63) is 54.1 Å². The molecule has 0 saturated carbocycles. The summed E-state index contributed by atoms with van der Waals surface area (Å²) in [4.78, 5) is 11.6. The molecule has 0 heterocycles. The minimum Gasteiger partial charge on any atom is -0.488 e. The van der Waals surface area contributed by atoms with Crippen LogP contribution in [0.2, 0.25) is 0 Å². The lowest BCUT2D eigenvalue weighted by Crippen LogP contribution is -2.29. The minimum atomic E-state index is -0.973. The highest BCUT2D eigenvalue weighted by molar-refractivity contribution is 5.83. The Hall–Kier alpha value is -2.49. The second-order valence-corrected chi connectivity index (χ2v) is 7.34. The molecule has 0 amide bonds. The van der Waals surface area contributed by atoms with E-state index in [9.17, 15) is 9.90 Å². The van der Waals surface area contributed by atoms with Gasteiger partial charge in [0.1, 0.15) is 11.4 Å². The summed E-state index contributed by atoms with van der Waals surface area (Å²) in [5, 5.41) is 12.8. The molecule has 0 radical (unpaired) electrons. The molecule has 24 heavy (non-hydrogen) atoms. The van der Waals surface area contributed by atoms with Gasteiger partial charge in [0.15, 0.2) is 0 Å². The molecule has 0 aliphatic heterocycles. The van der Waals surface area contributed by atoms with Gasteiger partial charge in [0, 0.05) is 11.4 Å². The molecule has 0 spiro atoms. The number of hydrogen-bond donors (Lipinski definition) is 2. The Balaban J connectivity index is 2.25. The molecule has 0 fully saturated rings. The molecule has 0 aliphatic rings. The van der Waals surface area contributed by atoms with Crippen molar-refractivity contribution in [2.24, 2.45) is 0 Å². The van der Waals surface area contributed by atoms with Gasteiger partial charge in [-0.1, -0.05) is 18.2 Å². The number of anilines is 2. The lowest BCUT2D eigenvalue weighted by molar-refractivity contribution is -0.142. The number of aliphatic carboxylic acids is 1. The van der Waals surface area contributed by atoms with Crippen LogP contribution in [0.15, 0.2) is 48.5 Å². The first kappa shape index (κ1) is 17.9. The molecule has 2 aromatic rings. The topological polar surface area (TPSA) is 58.6 Å². The van der Waals surface area contributed by atoms with Crippen LogP contribution in [0, 0.1) is 0 Å². The summed E-state index contributed by atoms with van der Waals surface area (Å²) < 4.78 is 5.81. The summed E-state index contributed by atoms with van der Waals surface area (Å²) in [6.07, 6.45) is 0. The summed E-state index contributed by atoms with van der Waals surface area (Å²) in [5.74, 6) is -0.0575. The zero-order valence-electron chi connectivity index (χ0n) is 14.9. The first-order valence-electron chi connectivity index (χ1n) is 7.98. The van der Waals surface area contributed by atoms with Gasteiger partial charge in [-0.2, -0.15) is 0 Å². The molecule has 0 aliphatic carbocycles. The summed E-state index contributed by atoms with van der Waals surface area (Å²) >= 11 is 0. The molecule has 0 atom stereocenters. The summed E-state index contributed by atoms with van der Waals surface area (Å²) in [5.41, 5.74) is 1.19. The van der Waals surface area contributed by atoms with Gasteiger partial charge in [0.25, 0.3) is 0 Å². The van der Waals surface area contributed by atoms with Crippen molar-refractivity contribution in [1.29, 1.82) is 0 Å². The molecule has 4 nitrogen and oxygen atoms in total. The average molecular weight is 327 g/mol. The Labute approximate surface area is 143 Å². The van der Waals surface area contributed by atoms with Crippen LogP contribution in [0.4, 0.5) is 11.4 Å². The van der Waals surface area contributed by atoms with E-state index in [2.05, 4.69) is 5.32 Å². The van der Waals surface area contributed by atoms with Gasteiger partial charge in [-0.05, 0) is 70.5 Å². The second kappa shape index (κ2) is 6.56. The molecule has 2 rings (SSSR count). The van der Waals surface area contributed by atoms with Gasteiger partial charge in [-0.3, -0.25) is 4.79 Å². The molecule has 0 unspecified atom stereocenters. The normalized spacial score (nSPS) is 11.9. The van der Waals surface area contributed by atoms with E-state index < -0.39 is 11.4 Å². The van der Waals surface area contributed by atoms with E-state index in [-0.39, 0.29) is 5.60 Å². The number of carboxylic acids is 1. The Morgan fingerprint density at radius 2 is 1.54 bits per heavy atom. The van der Waals surface area contributed by atoms with Gasteiger partial charge in [0.2, 0.25) is 0 Å². The van der Waals surface area contributed by atoms with Crippen molar-refractivity contribution in [2.45, 2.75) is 45.6 Å². The first-order chi connectivity index (χ1) is 11.1. The smallest absolute Gasteiger partial charge is 0.313 e. The third-order valence-electron chi connectivity index (χ3n) is 3.69. The summed E-state index contributed by atoms with van der Waals surface area (Å²) in [6.45, 7) is 9.42. The largest absolute Gasteiger partial charge is 0.488 e. The Morgan fingerprint density at radius 1 is 0.958 bits per heavy atom. The molecule has 4 heteroatoms. The fourth-order valence-corrected chi connectivity index (χ4v) is 2.37. The molecule has 128 valence electrons. The maximum absolute atomic E-state index is 11.6. The third kappa shape index (κ3) is 4.28. The highest BCUT2D eigenvalue weighted by atomic mass is 16.5. The second-order valence-electron chi connectivity index (χ2n) is 7.34. The minimum absolute atomic E-state index is 0.243. The quantitative estimate of drug-likeness (QED) is 0.814. The maximum atomic E-state index is 11.6. The third-order valence-corrected chi connectivity index (χ3v) is 3.69. The van der Waals surface area contributed by atoms with Gasteiger partial charge in [0.05, 0.1) is 5.41 Å². The van der Waals surface area contributed by atoms with E-state index in [4.69, 9.17) is 4.74 Å². The van der Waals surface area contributed by atoms with Crippen LogP contribution < -0.4 is 10.1 Å². The number of benzene rings is 2. The van der Waals surface area contributed by atoms with E-state index in [0.717, 1.165) is 22.7 Å². The monoisotopic (exact) mass is 327 g/mol. The van der Waals surface area contributed by atoms with Crippen molar-refractivity contribution in [3.8, 4) is 5.75 Å². The predicted octanol–water partition coefficient (Wildman–Crippen LogP) is 4.97. The molecule has 2 aromatic carbocycles. The fourth-order valence-electron chi connectivity index (χ4n) is 2.37. The Kier molecular flexibility index (Phi) is 4.88. The lowest BCUT2D eigenvalue weighted by Gasteiger charge is -2.24. The van der Waals surface area contributed by atoms with E-state index in [1.807, 2.05) is 69.3 Å². The van der Waals surface area contributed by atoms with Crippen molar-refractivity contribution >= 4 is 17.3 Å². The predicted molar refractivity (Wildman–Crippen MR) is 97.2 cm³/mol. The van der Waals surface area contributed by atoms with E-state index in [0.29, 0.717) is 0 Å². The number of para-hydroxylation sites is 1. The number of nitrogens with one attached hydrogen (secondary N) is 1. The average Bonchev–Trinajstić information content (AvgIpc) is 2.48. The van der Waals surface area contributed by atoms with Crippen LogP contribution >= 0.6 is 0 Å². The maximum Gasteiger partial charge on any atom is 0.313 e. The van der Waals surface area contributed by atoms with E-state index in [1.54, 1.807) is 13.8 Å². The van der Waals surface area contributed by atoms with Crippen molar-refractivity contribution in [3.63, 3.8) is 0 Å². The number of carbonyl (C=O) groups is 1. The van der Waals surface area contributed by atoms with Crippen molar-refractivity contribution in [2.75, 3.05) is 5.32 Å². The molecule has 0 saturated heterocycles. The zero-order valence-corrected chi connectivity index (χ0v) is 14.9. The van der Waals surface area contributed by atoms with Crippen LogP contribution in [0.5, 0.6) is 5.75 Å². The highest BCUT2D eigenvalue weighted by Crippen LogP contribution is 2.32. The number of rotatable bonds is 5. The van der Waals surface area contributed by atoms with Gasteiger partial charge < -0.3 is 15.2 Å². The molecular weight excluding hydrogens is 302 g/mol. The molecule has 2 N–H and O–H groups in total. The number of hydrogen-bond acceptors (Lipinski definition) is 3. The van der Waals surface area contributed by atoms with E-state index in [1.165, 1.54) is 0 Å². The number of carboxylic acid groups (broad SMARTS) is 1. The van der Waals surface area contributed by atoms with Crippen LogP contribution in [0.1, 0.15) is 40.2 Å². The summed E-state index contributed by atoms with van der Waals surface area (Å²) in [7, 11) is 0. The zero-order chi connectivity index (χ0) is 18.0. The first-order valence-corrected chi connectivity index (χ1v) is 7.98. The molecular formula is C20H25NO3. The van der Waals surface area contributed by atoms with Crippen molar-refractivity contribution in [1.82, 2.24) is 0 Å². The molecule has 0 bridgehead atoms.